The molecule has 0 aliphatic carbocycles. The summed E-state index contributed by atoms with van der Waals surface area (Å²) in [7, 11) is -3.78. The van der Waals surface area contributed by atoms with Crippen molar-refractivity contribution < 1.29 is 13.2 Å². The van der Waals surface area contributed by atoms with Crippen LogP contribution in [0.3, 0.4) is 0 Å². The van der Waals surface area contributed by atoms with Crippen LogP contribution in [0.2, 0.25) is 0 Å². The Morgan fingerprint density at radius 1 is 1.09 bits per heavy atom. The van der Waals surface area contributed by atoms with E-state index in [1.807, 2.05) is 6.07 Å². The van der Waals surface area contributed by atoms with Crippen LogP contribution >= 0.6 is 0 Å². The van der Waals surface area contributed by atoms with Crippen LogP contribution in [0.4, 0.5) is 5.82 Å². The Hall–Kier alpha value is -5.85. The number of amides is 1. The van der Waals surface area contributed by atoms with Gasteiger partial charge >= 0.3 is 0 Å². The number of aromatic nitrogens is 7. The van der Waals surface area contributed by atoms with Crippen molar-refractivity contribution in [1.29, 1.82) is 0 Å². The zero-order valence-electron chi connectivity index (χ0n) is 23.1. The van der Waals surface area contributed by atoms with Gasteiger partial charge in [-0.2, -0.15) is 5.10 Å². The highest BCUT2D eigenvalue weighted by Gasteiger charge is 2.25. The molecule has 0 saturated carbocycles. The van der Waals surface area contributed by atoms with E-state index in [9.17, 15) is 18.0 Å². The molecule has 0 radical (unpaired) electrons. The Labute approximate surface area is 250 Å². The number of anilines is 1. The van der Waals surface area contributed by atoms with E-state index in [1.54, 1.807) is 61.7 Å². The lowest BCUT2D eigenvalue weighted by molar-refractivity contribution is 0.0940. The standard InChI is InChI=1S/C29H24N10O4S/c1-18(34-28(40)24-25(30)36-38-14-6-13-32-27(24)38)26-35-22-10-5-7-20(12-11-19-15-33-37(16-19)17-44(31,42)43)23(22)29(41)39(26)21-8-3-2-4-9-21/h2-10,13-16,18H,17H2,1H3,(H2,30,36)(H,34,40)(H2,31,42,43)/t18-/m1/s1. The number of nitrogens with zero attached hydrogens (tertiary/aromatic N) is 7. The van der Waals surface area contributed by atoms with Gasteiger partial charge in [-0.15, -0.1) is 5.10 Å². The van der Waals surface area contributed by atoms with Crippen molar-refractivity contribution >= 4 is 38.3 Å². The van der Waals surface area contributed by atoms with E-state index in [1.165, 1.54) is 27.7 Å². The van der Waals surface area contributed by atoms with Gasteiger partial charge in [0.15, 0.2) is 17.3 Å². The Balaban J connectivity index is 1.43. The molecule has 4 aromatic heterocycles. The lowest BCUT2D eigenvalue weighted by atomic mass is 10.1. The minimum Gasteiger partial charge on any atom is -0.381 e. The number of rotatable bonds is 6. The lowest BCUT2D eigenvalue weighted by Crippen LogP contribution is -2.33. The average molecular weight is 609 g/mol. The summed E-state index contributed by atoms with van der Waals surface area (Å²) in [4.78, 5) is 36.6. The summed E-state index contributed by atoms with van der Waals surface area (Å²) in [5.74, 6) is 5.17. The number of fused-ring (bicyclic) bond motifs is 2. The van der Waals surface area contributed by atoms with E-state index in [4.69, 9.17) is 15.9 Å². The molecule has 44 heavy (non-hydrogen) atoms. The molecule has 14 nitrogen and oxygen atoms in total. The molecule has 1 amide bonds. The summed E-state index contributed by atoms with van der Waals surface area (Å²) in [6.07, 6.45) is 6.01. The number of carbonyl (C=O) groups excluding carboxylic acids is 1. The van der Waals surface area contributed by atoms with Crippen LogP contribution < -0.4 is 21.7 Å². The number of benzene rings is 2. The van der Waals surface area contributed by atoms with Gasteiger partial charge in [0, 0.05) is 24.2 Å². The third-order valence-corrected chi connectivity index (χ3v) is 7.23. The first kappa shape index (κ1) is 28.3. The zero-order chi connectivity index (χ0) is 31.0. The summed E-state index contributed by atoms with van der Waals surface area (Å²) in [6.45, 7) is 1.71. The van der Waals surface area contributed by atoms with Crippen LogP contribution in [0, 0.1) is 11.8 Å². The molecule has 0 bridgehead atoms. The van der Waals surface area contributed by atoms with Gasteiger partial charge in [-0.05, 0) is 37.3 Å². The molecule has 220 valence electrons. The minimum absolute atomic E-state index is 0.0127. The zero-order valence-corrected chi connectivity index (χ0v) is 23.9. The van der Waals surface area contributed by atoms with Gasteiger partial charge in [0.1, 0.15) is 11.4 Å². The monoisotopic (exact) mass is 608 g/mol. The Morgan fingerprint density at radius 3 is 2.66 bits per heavy atom. The minimum atomic E-state index is -3.78. The second-order valence-corrected chi connectivity index (χ2v) is 11.4. The van der Waals surface area contributed by atoms with Crippen LogP contribution in [0.5, 0.6) is 0 Å². The molecule has 1 atom stereocenters. The third kappa shape index (κ3) is 5.50. The summed E-state index contributed by atoms with van der Waals surface area (Å²) >= 11 is 0. The van der Waals surface area contributed by atoms with Crippen LogP contribution in [-0.2, 0) is 15.9 Å². The summed E-state index contributed by atoms with van der Waals surface area (Å²) < 4.78 is 26.8. The second-order valence-electron chi connectivity index (χ2n) is 9.80. The molecule has 6 rings (SSSR count). The highest BCUT2D eigenvalue weighted by atomic mass is 32.2. The Kier molecular flexibility index (Phi) is 7.13. The van der Waals surface area contributed by atoms with Crippen molar-refractivity contribution in [2.75, 3.05) is 5.73 Å². The molecule has 2 aromatic carbocycles. The van der Waals surface area contributed by atoms with Crippen molar-refractivity contribution in [2.24, 2.45) is 5.14 Å². The normalized spacial score (nSPS) is 12.1. The maximum Gasteiger partial charge on any atom is 0.267 e. The first-order valence-electron chi connectivity index (χ1n) is 13.1. The first-order chi connectivity index (χ1) is 21.1. The largest absolute Gasteiger partial charge is 0.381 e. The molecule has 0 unspecified atom stereocenters. The molecule has 5 N–H and O–H groups in total. The van der Waals surface area contributed by atoms with Crippen molar-refractivity contribution in [3.63, 3.8) is 0 Å². The number of nitrogen functional groups attached to an aromatic ring is 1. The van der Waals surface area contributed by atoms with Gasteiger partial charge in [-0.1, -0.05) is 36.1 Å². The molecule has 4 heterocycles. The molecule has 0 aliphatic heterocycles. The van der Waals surface area contributed by atoms with E-state index in [-0.39, 0.29) is 22.6 Å². The van der Waals surface area contributed by atoms with Crippen LogP contribution in [0.25, 0.3) is 22.2 Å². The predicted molar refractivity (Wildman–Crippen MR) is 162 cm³/mol. The van der Waals surface area contributed by atoms with Crippen molar-refractivity contribution in [3.8, 4) is 17.5 Å². The van der Waals surface area contributed by atoms with Crippen LogP contribution in [-0.4, -0.2) is 48.3 Å². The molecule has 0 saturated heterocycles. The van der Waals surface area contributed by atoms with Crippen molar-refractivity contribution in [3.05, 3.63) is 112 Å². The van der Waals surface area contributed by atoms with Crippen molar-refractivity contribution in [1.82, 2.24) is 39.2 Å². The SMILES string of the molecule is C[C@@H](NC(=O)c1c(N)nn2cccnc12)c1nc2cccc(C#Cc3cnn(CS(N)(=O)=O)c3)c2c(=O)n1-c1ccccc1. The summed E-state index contributed by atoms with van der Waals surface area (Å²) in [5, 5.41) is 16.4. The van der Waals surface area contributed by atoms with E-state index in [0.29, 0.717) is 28.0 Å². The fraction of sp³-hybridized carbons (Fsp3) is 0.103. The molecular formula is C29H24N10O4S. The fourth-order valence-corrected chi connectivity index (χ4v) is 5.26. The number of primary sulfonamides is 1. The van der Waals surface area contributed by atoms with E-state index >= 15 is 0 Å². The quantitative estimate of drug-likeness (QED) is 0.234. The molecule has 15 heteroatoms. The van der Waals surface area contributed by atoms with Gasteiger partial charge in [0.05, 0.1) is 34.4 Å². The Morgan fingerprint density at radius 2 is 1.89 bits per heavy atom. The Bertz CT molecular complexity index is 2300. The number of hydrogen-bond donors (Lipinski definition) is 3. The average Bonchev–Trinajstić information content (AvgIpc) is 3.57. The van der Waals surface area contributed by atoms with E-state index in [0.717, 1.165) is 4.68 Å². The number of carbonyl (C=O) groups is 1. The second kappa shape index (κ2) is 11.1. The van der Waals surface area contributed by atoms with E-state index in [2.05, 4.69) is 32.3 Å². The lowest BCUT2D eigenvalue weighted by Gasteiger charge is -2.20. The summed E-state index contributed by atoms with van der Waals surface area (Å²) in [6, 6.07) is 14.9. The highest BCUT2D eigenvalue weighted by molar-refractivity contribution is 7.88. The van der Waals surface area contributed by atoms with Crippen LogP contribution in [0.15, 0.2) is 84.2 Å². The number of nitrogens with one attached hydrogen (secondary N) is 1. The molecule has 6 aromatic rings. The van der Waals surface area contributed by atoms with Gasteiger partial charge in [-0.25, -0.2) is 28.0 Å². The van der Waals surface area contributed by atoms with Crippen LogP contribution in [0.1, 0.15) is 40.3 Å². The maximum atomic E-state index is 14.2. The fourth-order valence-electron chi connectivity index (χ4n) is 4.75. The predicted octanol–water partition coefficient (Wildman–Crippen LogP) is 1.34. The maximum absolute atomic E-state index is 14.2. The summed E-state index contributed by atoms with van der Waals surface area (Å²) in [5.41, 5.74) is 7.78. The number of hydrogen-bond acceptors (Lipinski definition) is 9. The third-order valence-electron chi connectivity index (χ3n) is 6.61. The smallest absolute Gasteiger partial charge is 0.267 e. The highest BCUT2D eigenvalue weighted by Crippen LogP contribution is 2.22. The molecule has 0 aliphatic rings. The molecule has 0 fully saturated rings. The van der Waals surface area contributed by atoms with Gasteiger partial charge < -0.3 is 11.1 Å². The van der Waals surface area contributed by atoms with Gasteiger partial charge in [0.2, 0.25) is 10.0 Å². The number of para-hydroxylation sites is 1. The topological polar surface area (TPSA) is 198 Å². The first-order valence-corrected chi connectivity index (χ1v) is 14.9. The van der Waals surface area contributed by atoms with E-state index < -0.39 is 33.4 Å². The number of nitrogens with two attached hydrogens (primary N) is 2. The van der Waals surface area contributed by atoms with Gasteiger partial charge in [0.25, 0.3) is 11.5 Å². The molecule has 0 spiro atoms. The number of sulfonamides is 1. The van der Waals surface area contributed by atoms with Crippen molar-refractivity contribution in [2.45, 2.75) is 18.8 Å². The molecular weight excluding hydrogens is 584 g/mol. The van der Waals surface area contributed by atoms with Gasteiger partial charge in [-0.3, -0.25) is 18.8 Å².